The lowest BCUT2D eigenvalue weighted by Gasteiger charge is -2.19. The molecule has 0 aliphatic rings. The number of hydrogen-bond acceptors (Lipinski definition) is 4. The fourth-order valence-corrected chi connectivity index (χ4v) is 1.77. The van der Waals surface area contributed by atoms with E-state index in [1.54, 1.807) is 36.3 Å². The van der Waals surface area contributed by atoms with Crippen LogP contribution in [0.3, 0.4) is 0 Å². The van der Waals surface area contributed by atoms with Gasteiger partial charge in [0.15, 0.2) is 0 Å². The van der Waals surface area contributed by atoms with Crippen LogP contribution in [-0.4, -0.2) is 50.0 Å². The Kier molecular flexibility index (Phi) is 7.51. The number of terminal acetylenes is 1. The molecule has 0 bridgehead atoms. The quantitative estimate of drug-likeness (QED) is 0.694. The minimum atomic E-state index is -0.197. The van der Waals surface area contributed by atoms with Gasteiger partial charge in [-0.3, -0.25) is 14.5 Å². The average Bonchev–Trinajstić information content (AvgIpc) is 2.52. The van der Waals surface area contributed by atoms with E-state index in [0.717, 1.165) is 5.75 Å². The van der Waals surface area contributed by atoms with Gasteiger partial charge in [-0.2, -0.15) is 0 Å². The minimum Gasteiger partial charge on any atom is -0.497 e. The minimum absolute atomic E-state index is 0.131. The summed E-state index contributed by atoms with van der Waals surface area (Å²) in [6.07, 6.45) is 5.08. The number of rotatable bonds is 8. The van der Waals surface area contributed by atoms with Crippen molar-refractivity contribution in [1.29, 1.82) is 0 Å². The van der Waals surface area contributed by atoms with Gasteiger partial charge in [0.05, 0.1) is 26.7 Å². The van der Waals surface area contributed by atoms with Crippen molar-refractivity contribution in [2.24, 2.45) is 0 Å². The van der Waals surface area contributed by atoms with Gasteiger partial charge in [-0.05, 0) is 30.8 Å². The van der Waals surface area contributed by atoms with Crippen molar-refractivity contribution >= 4 is 17.5 Å². The van der Waals surface area contributed by atoms with Crippen molar-refractivity contribution in [2.45, 2.75) is 6.92 Å². The summed E-state index contributed by atoms with van der Waals surface area (Å²) in [5, 5.41) is 5.34. The molecule has 1 aromatic carbocycles. The van der Waals surface area contributed by atoms with Crippen LogP contribution >= 0.6 is 0 Å². The Labute approximate surface area is 130 Å². The van der Waals surface area contributed by atoms with Gasteiger partial charge in [0, 0.05) is 5.69 Å². The SMILES string of the molecule is C#CCNC(=O)CN(CC)CC(=O)Nc1ccc(OC)cc1. The highest BCUT2D eigenvalue weighted by atomic mass is 16.5. The molecule has 0 aromatic heterocycles. The molecule has 0 spiro atoms. The Morgan fingerprint density at radius 2 is 1.86 bits per heavy atom. The maximum absolute atomic E-state index is 12.0. The summed E-state index contributed by atoms with van der Waals surface area (Å²) >= 11 is 0. The lowest BCUT2D eigenvalue weighted by Crippen LogP contribution is -2.41. The molecule has 0 unspecified atom stereocenters. The summed E-state index contributed by atoms with van der Waals surface area (Å²) in [7, 11) is 1.58. The van der Waals surface area contributed by atoms with Crippen molar-refractivity contribution in [2.75, 3.05) is 38.6 Å². The number of hydrogen-bond donors (Lipinski definition) is 2. The van der Waals surface area contributed by atoms with Gasteiger partial charge < -0.3 is 15.4 Å². The zero-order valence-electron chi connectivity index (χ0n) is 12.9. The number of benzene rings is 1. The second kappa shape index (κ2) is 9.42. The molecule has 22 heavy (non-hydrogen) atoms. The van der Waals surface area contributed by atoms with E-state index in [1.165, 1.54) is 0 Å². The highest BCUT2D eigenvalue weighted by molar-refractivity contribution is 5.92. The molecule has 0 fully saturated rings. The third-order valence-corrected chi connectivity index (χ3v) is 2.94. The smallest absolute Gasteiger partial charge is 0.238 e. The first kappa shape index (κ1) is 17.5. The highest BCUT2D eigenvalue weighted by Crippen LogP contribution is 2.14. The van der Waals surface area contributed by atoms with Crippen LogP contribution in [0.1, 0.15) is 6.92 Å². The van der Waals surface area contributed by atoms with Crippen molar-refractivity contribution in [1.82, 2.24) is 10.2 Å². The lowest BCUT2D eigenvalue weighted by atomic mass is 10.3. The largest absolute Gasteiger partial charge is 0.497 e. The first-order valence-electron chi connectivity index (χ1n) is 6.95. The van der Waals surface area contributed by atoms with Crippen molar-refractivity contribution in [3.63, 3.8) is 0 Å². The molecule has 6 heteroatoms. The monoisotopic (exact) mass is 303 g/mol. The number of carbonyl (C=O) groups is 2. The van der Waals surface area contributed by atoms with Gasteiger partial charge in [-0.1, -0.05) is 12.8 Å². The van der Waals surface area contributed by atoms with Gasteiger partial charge in [0.1, 0.15) is 5.75 Å². The van der Waals surface area contributed by atoms with Crippen molar-refractivity contribution in [3.8, 4) is 18.1 Å². The Balaban J connectivity index is 2.46. The van der Waals surface area contributed by atoms with E-state index < -0.39 is 0 Å². The molecule has 0 aliphatic heterocycles. The number of anilines is 1. The molecule has 0 atom stereocenters. The van der Waals surface area contributed by atoms with Gasteiger partial charge in [0.25, 0.3) is 0 Å². The van der Waals surface area contributed by atoms with Gasteiger partial charge in [0.2, 0.25) is 11.8 Å². The summed E-state index contributed by atoms with van der Waals surface area (Å²) < 4.78 is 5.05. The predicted octanol–water partition coefficient (Wildman–Crippen LogP) is 0.705. The van der Waals surface area contributed by atoms with E-state index in [2.05, 4.69) is 16.6 Å². The average molecular weight is 303 g/mol. The summed E-state index contributed by atoms with van der Waals surface area (Å²) in [5.74, 6) is 2.67. The summed E-state index contributed by atoms with van der Waals surface area (Å²) in [6.45, 7) is 2.92. The Morgan fingerprint density at radius 3 is 2.41 bits per heavy atom. The Morgan fingerprint density at radius 1 is 1.23 bits per heavy atom. The van der Waals surface area contributed by atoms with Crippen LogP contribution in [0, 0.1) is 12.3 Å². The fraction of sp³-hybridized carbons (Fsp3) is 0.375. The van der Waals surface area contributed by atoms with Gasteiger partial charge in [-0.25, -0.2) is 0 Å². The van der Waals surface area contributed by atoms with Crippen LogP contribution in [0.5, 0.6) is 5.75 Å². The molecule has 118 valence electrons. The Hall–Kier alpha value is -2.52. The molecule has 2 amide bonds. The number of amides is 2. The first-order chi connectivity index (χ1) is 10.6. The number of ether oxygens (including phenoxy) is 1. The van der Waals surface area contributed by atoms with E-state index in [9.17, 15) is 9.59 Å². The van der Waals surface area contributed by atoms with Crippen molar-refractivity contribution < 1.29 is 14.3 Å². The summed E-state index contributed by atoms with van der Waals surface area (Å²) in [6, 6.07) is 7.04. The van der Waals surface area contributed by atoms with Gasteiger partial charge >= 0.3 is 0 Å². The Bertz CT molecular complexity index is 535. The molecule has 0 radical (unpaired) electrons. The summed E-state index contributed by atoms with van der Waals surface area (Å²) in [5.41, 5.74) is 0.679. The molecule has 0 aliphatic carbocycles. The number of methoxy groups -OCH3 is 1. The maximum atomic E-state index is 12.0. The van der Waals surface area contributed by atoms with E-state index in [0.29, 0.717) is 12.2 Å². The third-order valence-electron chi connectivity index (χ3n) is 2.94. The molecule has 2 N–H and O–H groups in total. The first-order valence-corrected chi connectivity index (χ1v) is 6.95. The maximum Gasteiger partial charge on any atom is 0.238 e. The van der Waals surface area contributed by atoms with Crippen molar-refractivity contribution in [3.05, 3.63) is 24.3 Å². The summed E-state index contributed by atoms with van der Waals surface area (Å²) in [4.78, 5) is 25.3. The molecule has 0 saturated heterocycles. The molecule has 1 aromatic rings. The van der Waals surface area contributed by atoms with Crippen LogP contribution in [0.15, 0.2) is 24.3 Å². The molecular formula is C16H21N3O3. The van der Waals surface area contributed by atoms with Crippen LogP contribution in [0.4, 0.5) is 5.69 Å². The zero-order valence-corrected chi connectivity index (χ0v) is 12.9. The second-order valence-electron chi connectivity index (χ2n) is 4.56. The second-order valence-corrected chi connectivity index (χ2v) is 4.56. The molecule has 6 nitrogen and oxygen atoms in total. The van der Waals surface area contributed by atoms with E-state index in [1.807, 2.05) is 6.92 Å². The van der Waals surface area contributed by atoms with Crippen LogP contribution in [-0.2, 0) is 9.59 Å². The molecule has 1 rings (SSSR count). The third kappa shape index (κ3) is 6.29. The van der Waals surface area contributed by atoms with E-state index in [4.69, 9.17) is 11.2 Å². The number of carbonyl (C=O) groups excluding carboxylic acids is 2. The zero-order chi connectivity index (χ0) is 16.4. The van der Waals surface area contributed by atoms with E-state index >= 15 is 0 Å². The van der Waals surface area contributed by atoms with Gasteiger partial charge in [-0.15, -0.1) is 6.42 Å². The molecular weight excluding hydrogens is 282 g/mol. The fourth-order valence-electron chi connectivity index (χ4n) is 1.77. The van der Waals surface area contributed by atoms with Crippen LogP contribution in [0.25, 0.3) is 0 Å². The van der Waals surface area contributed by atoms with Crippen LogP contribution < -0.4 is 15.4 Å². The number of nitrogens with zero attached hydrogens (tertiary/aromatic N) is 1. The van der Waals surface area contributed by atoms with E-state index in [-0.39, 0.29) is 31.4 Å². The molecule has 0 saturated carbocycles. The van der Waals surface area contributed by atoms with Crippen LogP contribution in [0.2, 0.25) is 0 Å². The predicted molar refractivity (Wildman–Crippen MR) is 85.6 cm³/mol. The molecule has 0 heterocycles. The lowest BCUT2D eigenvalue weighted by molar-refractivity contribution is -0.123. The normalized spacial score (nSPS) is 9.91. The standard InChI is InChI=1S/C16H21N3O3/c1-4-10-17-15(20)11-19(5-2)12-16(21)18-13-6-8-14(22-3)9-7-13/h1,6-9H,5,10-12H2,2-3H3,(H,17,20)(H,18,21). The number of likely N-dealkylation sites (N-methyl/N-ethyl adjacent to an activating group) is 1. The highest BCUT2D eigenvalue weighted by Gasteiger charge is 2.12. The topological polar surface area (TPSA) is 70.7 Å². The number of nitrogens with one attached hydrogen (secondary N) is 2.